The van der Waals surface area contributed by atoms with Gasteiger partial charge in [0.25, 0.3) is 5.91 Å². The zero-order valence-electron chi connectivity index (χ0n) is 13.7. The van der Waals surface area contributed by atoms with Crippen molar-refractivity contribution in [1.29, 1.82) is 5.26 Å². The van der Waals surface area contributed by atoms with Gasteiger partial charge >= 0.3 is 0 Å². The van der Waals surface area contributed by atoms with Gasteiger partial charge in [-0.1, -0.05) is 32.6 Å². The molecule has 5 nitrogen and oxygen atoms in total. The molecule has 1 aliphatic rings. The second kappa shape index (κ2) is 12.0. The maximum atomic E-state index is 11.9. The zero-order valence-corrected chi connectivity index (χ0v) is 13.7. The second-order valence-corrected chi connectivity index (χ2v) is 5.75. The van der Waals surface area contributed by atoms with Gasteiger partial charge < -0.3 is 15.4 Å². The fourth-order valence-corrected chi connectivity index (χ4v) is 2.44. The fourth-order valence-electron chi connectivity index (χ4n) is 2.44. The number of amides is 1. The lowest BCUT2D eigenvalue weighted by atomic mass is 9.96. The SMILES string of the molecule is CCCCOCCCNC(=O)/C(C#N)=C\NC1CCCCC1. The summed E-state index contributed by atoms with van der Waals surface area (Å²) in [5, 5.41) is 15.1. The van der Waals surface area contributed by atoms with E-state index in [2.05, 4.69) is 17.6 Å². The number of nitriles is 1. The Bertz CT molecular complexity index is 382. The average Bonchev–Trinajstić information content (AvgIpc) is 2.55. The van der Waals surface area contributed by atoms with Gasteiger partial charge in [0.15, 0.2) is 0 Å². The third kappa shape index (κ3) is 8.04. The van der Waals surface area contributed by atoms with Gasteiger partial charge in [0.1, 0.15) is 11.6 Å². The highest BCUT2D eigenvalue weighted by Gasteiger charge is 2.13. The van der Waals surface area contributed by atoms with E-state index in [4.69, 9.17) is 10.00 Å². The van der Waals surface area contributed by atoms with Crippen molar-refractivity contribution in [3.8, 4) is 6.07 Å². The van der Waals surface area contributed by atoms with Crippen molar-refractivity contribution in [3.63, 3.8) is 0 Å². The van der Waals surface area contributed by atoms with Crippen LogP contribution in [0.5, 0.6) is 0 Å². The highest BCUT2D eigenvalue weighted by Crippen LogP contribution is 2.17. The lowest BCUT2D eigenvalue weighted by Gasteiger charge is -2.21. The molecule has 0 unspecified atom stereocenters. The molecule has 1 amide bonds. The molecule has 22 heavy (non-hydrogen) atoms. The highest BCUT2D eigenvalue weighted by molar-refractivity contribution is 5.97. The third-order valence-corrected chi connectivity index (χ3v) is 3.83. The standard InChI is InChI=1S/C17H29N3O2/c1-2-3-11-22-12-7-10-19-17(21)15(13-18)14-20-16-8-5-4-6-9-16/h14,16,20H,2-12H2,1H3,(H,19,21)/b15-14-. The Morgan fingerprint density at radius 2 is 2.00 bits per heavy atom. The van der Waals surface area contributed by atoms with Crippen molar-refractivity contribution < 1.29 is 9.53 Å². The van der Waals surface area contributed by atoms with Crippen LogP contribution in [0.3, 0.4) is 0 Å². The van der Waals surface area contributed by atoms with E-state index in [1.165, 1.54) is 19.3 Å². The number of hydrogen-bond donors (Lipinski definition) is 2. The number of rotatable bonds is 10. The van der Waals surface area contributed by atoms with Crippen LogP contribution in [0, 0.1) is 11.3 Å². The second-order valence-electron chi connectivity index (χ2n) is 5.75. The van der Waals surface area contributed by atoms with Crippen LogP contribution < -0.4 is 10.6 Å². The Morgan fingerprint density at radius 3 is 2.68 bits per heavy atom. The summed E-state index contributed by atoms with van der Waals surface area (Å²) in [4.78, 5) is 11.9. The van der Waals surface area contributed by atoms with Crippen LogP contribution in [-0.2, 0) is 9.53 Å². The molecule has 0 aromatic rings. The topological polar surface area (TPSA) is 74.1 Å². The summed E-state index contributed by atoms with van der Waals surface area (Å²) in [6.45, 7) is 4.08. The van der Waals surface area contributed by atoms with Gasteiger partial charge in [-0.3, -0.25) is 4.79 Å². The summed E-state index contributed by atoms with van der Waals surface area (Å²) in [7, 11) is 0. The minimum atomic E-state index is -0.306. The number of ether oxygens (including phenoxy) is 1. The maximum absolute atomic E-state index is 11.9. The van der Waals surface area contributed by atoms with Crippen molar-refractivity contribution in [2.45, 2.75) is 64.3 Å². The number of hydrogen-bond acceptors (Lipinski definition) is 4. The quantitative estimate of drug-likeness (QED) is 0.370. The van der Waals surface area contributed by atoms with Crippen LogP contribution in [0.1, 0.15) is 58.3 Å². The van der Waals surface area contributed by atoms with Crippen LogP contribution in [-0.4, -0.2) is 31.7 Å². The molecule has 0 radical (unpaired) electrons. The van der Waals surface area contributed by atoms with Gasteiger partial charge in [-0.05, 0) is 25.7 Å². The van der Waals surface area contributed by atoms with E-state index in [1.807, 2.05) is 6.07 Å². The number of unbranched alkanes of at least 4 members (excludes halogenated alkanes) is 1. The molecule has 0 heterocycles. The van der Waals surface area contributed by atoms with E-state index < -0.39 is 0 Å². The van der Waals surface area contributed by atoms with Crippen molar-refractivity contribution >= 4 is 5.91 Å². The molecule has 1 fully saturated rings. The molecular formula is C17H29N3O2. The maximum Gasteiger partial charge on any atom is 0.263 e. The molecule has 5 heteroatoms. The van der Waals surface area contributed by atoms with Crippen molar-refractivity contribution in [2.24, 2.45) is 0 Å². The van der Waals surface area contributed by atoms with E-state index in [1.54, 1.807) is 6.20 Å². The number of nitrogens with one attached hydrogen (secondary N) is 2. The van der Waals surface area contributed by atoms with Crippen LogP contribution in [0.25, 0.3) is 0 Å². The van der Waals surface area contributed by atoms with Crippen molar-refractivity contribution in [2.75, 3.05) is 19.8 Å². The molecule has 1 aliphatic carbocycles. The molecule has 0 saturated heterocycles. The predicted molar refractivity (Wildman–Crippen MR) is 87.1 cm³/mol. The Morgan fingerprint density at radius 1 is 1.27 bits per heavy atom. The minimum absolute atomic E-state index is 0.150. The Kier molecular flexibility index (Phi) is 10.1. The zero-order chi connectivity index (χ0) is 16.0. The first kappa shape index (κ1) is 18.5. The minimum Gasteiger partial charge on any atom is -0.387 e. The molecule has 1 rings (SSSR count). The van der Waals surface area contributed by atoms with E-state index >= 15 is 0 Å². The number of carbonyl (C=O) groups excluding carboxylic acids is 1. The monoisotopic (exact) mass is 307 g/mol. The first-order chi connectivity index (χ1) is 10.8. The Labute approximate surface area is 134 Å². The molecule has 0 aliphatic heterocycles. The molecule has 0 bridgehead atoms. The van der Waals surface area contributed by atoms with Gasteiger partial charge in [0, 0.05) is 32.0 Å². The van der Waals surface area contributed by atoms with Gasteiger partial charge in [-0.2, -0.15) is 5.26 Å². The molecule has 0 aromatic heterocycles. The predicted octanol–water partition coefficient (Wildman–Crippen LogP) is 2.64. The smallest absolute Gasteiger partial charge is 0.263 e. The first-order valence-electron chi connectivity index (χ1n) is 8.50. The Balaban J connectivity index is 2.18. The average molecular weight is 307 g/mol. The van der Waals surface area contributed by atoms with E-state index in [0.717, 1.165) is 38.7 Å². The molecule has 2 N–H and O–H groups in total. The van der Waals surface area contributed by atoms with E-state index in [-0.39, 0.29) is 11.5 Å². The summed E-state index contributed by atoms with van der Waals surface area (Å²) in [6, 6.07) is 2.37. The van der Waals surface area contributed by atoms with E-state index in [9.17, 15) is 4.79 Å². The van der Waals surface area contributed by atoms with Crippen LogP contribution in [0.15, 0.2) is 11.8 Å². The summed E-state index contributed by atoms with van der Waals surface area (Å²) in [5.41, 5.74) is 0.150. The summed E-state index contributed by atoms with van der Waals surface area (Å²) < 4.78 is 5.43. The summed E-state index contributed by atoms with van der Waals surface area (Å²) in [5.74, 6) is -0.306. The molecule has 0 aromatic carbocycles. The summed E-state index contributed by atoms with van der Waals surface area (Å²) in [6.07, 6.45) is 10.5. The van der Waals surface area contributed by atoms with Gasteiger partial charge in [-0.25, -0.2) is 0 Å². The normalized spacial score (nSPS) is 16.1. The van der Waals surface area contributed by atoms with Gasteiger partial charge in [0.2, 0.25) is 0 Å². The number of carbonyl (C=O) groups is 1. The molecule has 124 valence electrons. The molecule has 0 atom stereocenters. The van der Waals surface area contributed by atoms with Crippen LogP contribution >= 0.6 is 0 Å². The fraction of sp³-hybridized carbons (Fsp3) is 0.765. The van der Waals surface area contributed by atoms with Crippen molar-refractivity contribution in [1.82, 2.24) is 10.6 Å². The molecule has 1 saturated carbocycles. The van der Waals surface area contributed by atoms with Crippen LogP contribution in [0.2, 0.25) is 0 Å². The summed E-state index contributed by atoms with van der Waals surface area (Å²) >= 11 is 0. The van der Waals surface area contributed by atoms with Gasteiger partial charge in [0.05, 0.1) is 0 Å². The lowest BCUT2D eigenvalue weighted by Crippen LogP contribution is -2.30. The molecule has 0 spiro atoms. The van der Waals surface area contributed by atoms with E-state index in [0.29, 0.717) is 19.2 Å². The largest absolute Gasteiger partial charge is 0.387 e. The number of nitrogens with zero attached hydrogens (tertiary/aromatic N) is 1. The Hall–Kier alpha value is -1.54. The molecular weight excluding hydrogens is 278 g/mol. The highest BCUT2D eigenvalue weighted by atomic mass is 16.5. The van der Waals surface area contributed by atoms with Crippen molar-refractivity contribution in [3.05, 3.63) is 11.8 Å². The third-order valence-electron chi connectivity index (χ3n) is 3.83. The van der Waals surface area contributed by atoms with Crippen LogP contribution in [0.4, 0.5) is 0 Å². The lowest BCUT2D eigenvalue weighted by molar-refractivity contribution is -0.117. The first-order valence-corrected chi connectivity index (χ1v) is 8.50. The van der Waals surface area contributed by atoms with Gasteiger partial charge in [-0.15, -0.1) is 0 Å².